The smallest absolute Gasteiger partial charge is 0.0443 e. The highest BCUT2D eigenvalue weighted by Crippen LogP contribution is 2.21. The molecule has 0 aliphatic heterocycles. The Morgan fingerprint density at radius 1 is 0.333 bits per heavy atom. The van der Waals surface area contributed by atoms with Gasteiger partial charge in [0.15, 0.2) is 0 Å². The average Bonchev–Trinajstić information content (AvgIpc) is 2.66. The second-order valence-corrected chi connectivity index (χ2v) is 9.67. The van der Waals surface area contributed by atoms with Crippen molar-refractivity contribution in [1.82, 2.24) is 0 Å². The molecule has 0 rings (SSSR count). The normalized spacial score (nSPS) is 13.8. The van der Waals surface area contributed by atoms with Crippen molar-refractivity contribution < 1.29 is 0 Å². The van der Waals surface area contributed by atoms with Crippen LogP contribution >= 0.6 is 0 Å². The SMILES string of the molecule is CCCCCCCCCCCCC(C)CCCC(C)CCCCCCCC. The summed E-state index contributed by atoms with van der Waals surface area (Å²) >= 11 is 0. The predicted octanol–water partition coefficient (Wildman–Crippen LogP) is 10.5. The topological polar surface area (TPSA) is 0 Å². The Hall–Kier alpha value is 0. The van der Waals surface area contributed by atoms with Crippen molar-refractivity contribution in [1.29, 1.82) is 0 Å². The highest BCUT2D eigenvalue weighted by atomic mass is 14.1. The zero-order valence-electron chi connectivity index (χ0n) is 20.0. The molecule has 0 aromatic heterocycles. The summed E-state index contributed by atoms with van der Waals surface area (Å²) in [6.45, 7) is 9.59. The van der Waals surface area contributed by atoms with Crippen LogP contribution in [0.3, 0.4) is 0 Å². The number of unbranched alkanes of at least 4 members (excludes halogenated alkanes) is 14. The van der Waals surface area contributed by atoms with Gasteiger partial charge in [-0.2, -0.15) is 0 Å². The molecule has 0 heteroatoms. The lowest BCUT2D eigenvalue weighted by Crippen LogP contribution is -1.99. The van der Waals surface area contributed by atoms with Crippen molar-refractivity contribution in [2.24, 2.45) is 11.8 Å². The Labute approximate surface area is 174 Å². The summed E-state index contributed by atoms with van der Waals surface area (Å²) in [5.41, 5.74) is 0. The van der Waals surface area contributed by atoms with Gasteiger partial charge in [0.25, 0.3) is 0 Å². The molecular formula is C27H56. The third-order valence-corrected chi connectivity index (χ3v) is 6.49. The van der Waals surface area contributed by atoms with Crippen LogP contribution in [0.1, 0.15) is 163 Å². The Balaban J connectivity index is 3.27. The van der Waals surface area contributed by atoms with Gasteiger partial charge in [0.2, 0.25) is 0 Å². The zero-order chi connectivity index (χ0) is 20.0. The van der Waals surface area contributed by atoms with Crippen LogP contribution in [0.15, 0.2) is 0 Å². The Bertz CT molecular complexity index is 257. The van der Waals surface area contributed by atoms with Gasteiger partial charge in [-0.15, -0.1) is 0 Å². The number of hydrogen-bond acceptors (Lipinski definition) is 0. The van der Waals surface area contributed by atoms with Crippen LogP contribution in [0.5, 0.6) is 0 Å². The lowest BCUT2D eigenvalue weighted by Gasteiger charge is -2.14. The number of rotatable bonds is 22. The lowest BCUT2D eigenvalue weighted by molar-refractivity contribution is 0.390. The first-order valence-electron chi connectivity index (χ1n) is 13.2. The Kier molecular flexibility index (Phi) is 22.3. The quantitative estimate of drug-likeness (QED) is 0.164. The van der Waals surface area contributed by atoms with E-state index in [2.05, 4.69) is 27.7 Å². The minimum absolute atomic E-state index is 0.959. The van der Waals surface area contributed by atoms with E-state index in [1.807, 2.05) is 0 Å². The van der Waals surface area contributed by atoms with E-state index in [0.29, 0.717) is 0 Å². The first kappa shape index (κ1) is 27.0. The van der Waals surface area contributed by atoms with Crippen LogP contribution in [0.2, 0.25) is 0 Å². The summed E-state index contributed by atoms with van der Waals surface area (Å²) in [6.07, 6.45) is 30.7. The summed E-state index contributed by atoms with van der Waals surface area (Å²) in [5, 5.41) is 0. The fourth-order valence-corrected chi connectivity index (χ4v) is 4.36. The maximum absolute atomic E-state index is 2.49. The van der Waals surface area contributed by atoms with Gasteiger partial charge in [-0.25, -0.2) is 0 Å². The van der Waals surface area contributed by atoms with E-state index in [-0.39, 0.29) is 0 Å². The van der Waals surface area contributed by atoms with Crippen LogP contribution in [0.25, 0.3) is 0 Å². The summed E-state index contributed by atoms with van der Waals surface area (Å²) < 4.78 is 0. The van der Waals surface area contributed by atoms with Crippen molar-refractivity contribution in [2.45, 2.75) is 163 Å². The van der Waals surface area contributed by atoms with Crippen molar-refractivity contribution in [3.63, 3.8) is 0 Å². The fourth-order valence-electron chi connectivity index (χ4n) is 4.36. The first-order chi connectivity index (χ1) is 13.2. The van der Waals surface area contributed by atoms with Crippen molar-refractivity contribution in [3.05, 3.63) is 0 Å². The van der Waals surface area contributed by atoms with Gasteiger partial charge in [-0.1, -0.05) is 163 Å². The molecule has 0 heterocycles. The maximum atomic E-state index is 2.49. The van der Waals surface area contributed by atoms with E-state index in [9.17, 15) is 0 Å². The van der Waals surface area contributed by atoms with Gasteiger partial charge in [0.1, 0.15) is 0 Å². The van der Waals surface area contributed by atoms with E-state index in [4.69, 9.17) is 0 Å². The molecule has 27 heavy (non-hydrogen) atoms. The van der Waals surface area contributed by atoms with E-state index >= 15 is 0 Å². The molecule has 0 saturated carbocycles. The molecule has 0 amide bonds. The molecule has 0 radical (unpaired) electrons. The second-order valence-electron chi connectivity index (χ2n) is 9.67. The van der Waals surface area contributed by atoms with E-state index in [1.165, 1.54) is 135 Å². The van der Waals surface area contributed by atoms with Gasteiger partial charge >= 0.3 is 0 Å². The summed E-state index contributed by atoms with van der Waals surface area (Å²) in [7, 11) is 0. The third-order valence-electron chi connectivity index (χ3n) is 6.49. The highest BCUT2D eigenvalue weighted by molar-refractivity contribution is 4.59. The number of hydrogen-bond donors (Lipinski definition) is 0. The maximum Gasteiger partial charge on any atom is -0.0443 e. The van der Waals surface area contributed by atoms with Gasteiger partial charge < -0.3 is 0 Å². The Morgan fingerprint density at radius 3 is 0.926 bits per heavy atom. The third kappa shape index (κ3) is 22.2. The van der Waals surface area contributed by atoms with Crippen molar-refractivity contribution in [2.75, 3.05) is 0 Å². The minimum Gasteiger partial charge on any atom is -0.0654 e. The van der Waals surface area contributed by atoms with Crippen LogP contribution in [-0.4, -0.2) is 0 Å². The van der Waals surface area contributed by atoms with Crippen LogP contribution in [0.4, 0.5) is 0 Å². The monoisotopic (exact) mass is 380 g/mol. The molecule has 164 valence electrons. The molecule has 0 saturated heterocycles. The largest absolute Gasteiger partial charge is 0.0654 e. The molecular weight excluding hydrogens is 324 g/mol. The van der Waals surface area contributed by atoms with E-state index < -0.39 is 0 Å². The molecule has 0 aromatic rings. The molecule has 0 bridgehead atoms. The summed E-state index contributed by atoms with van der Waals surface area (Å²) in [4.78, 5) is 0. The zero-order valence-corrected chi connectivity index (χ0v) is 20.0. The average molecular weight is 381 g/mol. The lowest BCUT2D eigenvalue weighted by atomic mass is 9.92. The minimum atomic E-state index is 0.959. The molecule has 0 nitrogen and oxygen atoms in total. The van der Waals surface area contributed by atoms with Crippen molar-refractivity contribution >= 4 is 0 Å². The van der Waals surface area contributed by atoms with E-state index in [0.717, 1.165) is 11.8 Å². The predicted molar refractivity (Wildman–Crippen MR) is 127 cm³/mol. The van der Waals surface area contributed by atoms with Gasteiger partial charge in [0, 0.05) is 0 Å². The summed E-state index contributed by atoms with van der Waals surface area (Å²) in [5.74, 6) is 1.92. The molecule has 0 spiro atoms. The van der Waals surface area contributed by atoms with Gasteiger partial charge in [0.05, 0.1) is 0 Å². The molecule has 0 aliphatic rings. The van der Waals surface area contributed by atoms with Crippen LogP contribution in [0, 0.1) is 11.8 Å². The van der Waals surface area contributed by atoms with E-state index in [1.54, 1.807) is 0 Å². The fraction of sp³-hybridized carbons (Fsp3) is 1.00. The molecule has 0 aliphatic carbocycles. The van der Waals surface area contributed by atoms with Crippen molar-refractivity contribution in [3.8, 4) is 0 Å². The molecule has 0 N–H and O–H groups in total. The Morgan fingerprint density at radius 2 is 0.593 bits per heavy atom. The molecule has 2 atom stereocenters. The molecule has 0 aromatic carbocycles. The highest BCUT2D eigenvalue weighted by Gasteiger charge is 2.06. The standard InChI is InChI=1S/C27H56/c1-5-7-9-11-13-14-15-16-18-20-23-27(4)25-21-24-26(3)22-19-17-12-10-8-6-2/h26-27H,5-25H2,1-4H3. The molecule has 0 fully saturated rings. The van der Waals surface area contributed by atoms with Crippen LogP contribution in [-0.2, 0) is 0 Å². The van der Waals surface area contributed by atoms with Crippen LogP contribution < -0.4 is 0 Å². The second kappa shape index (κ2) is 22.3. The van der Waals surface area contributed by atoms with Gasteiger partial charge in [-0.05, 0) is 11.8 Å². The first-order valence-corrected chi connectivity index (χ1v) is 13.2. The molecule has 2 unspecified atom stereocenters. The summed E-state index contributed by atoms with van der Waals surface area (Å²) in [6, 6.07) is 0. The van der Waals surface area contributed by atoms with Gasteiger partial charge in [-0.3, -0.25) is 0 Å².